The first-order valence-electron chi connectivity index (χ1n) is 7.92. The van der Waals surface area contributed by atoms with E-state index in [1.165, 1.54) is 0 Å². The minimum atomic E-state index is -0.375. The van der Waals surface area contributed by atoms with Crippen molar-refractivity contribution in [1.82, 2.24) is 4.57 Å². The molecule has 3 aromatic rings. The number of rotatable bonds is 4. The van der Waals surface area contributed by atoms with E-state index in [1.54, 1.807) is 13.0 Å². The molecule has 0 saturated carbocycles. The summed E-state index contributed by atoms with van der Waals surface area (Å²) >= 11 is 12.1. The summed E-state index contributed by atoms with van der Waals surface area (Å²) in [4.78, 5) is 12.7. The second-order valence-electron chi connectivity index (χ2n) is 5.61. The smallest absolute Gasteiger partial charge is 0.355 e. The molecule has 0 saturated heterocycles. The van der Waals surface area contributed by atoms with E-state index in [1.807, 2.05) is 60.2 Å². The van der Waals surface area contributed by atoms with Crippen LogP contribution in [-0.2, 0) is 4.74 Å². The Morgan fingerprint density at radius 1 is 1.08 bits per heavy atom. The number of benzene rings is 2. The Bertz CT molecular complexity index is 914. The number of esters is 1. The van der Waals surface area contributed by atoms with E-state index >= 15 is 0 Å². The van der Waals surface area contributed by atoms with Gasteiger partial charge in [0.25, 0.3) is 0 Å². The van der Waals surface area contributed by atoms with E-state index in [0.717, 1.165) is 22.4 Å². The molecule has 0 aliphatic heterocycles. The Morgan fingerprint density at radius 2 is 1.80 bits per heavy atom. The summed E-state index contributed by atoms with van der Waals surface area (Å²) in [5.41, 5.74) is 3.98. The Balaban J connectivity index is 2.24. The van der Waals surface area contributed by atoms with Crippen LogP contribution >= 0.6 is 23.2 Å². The van der Waals surface area contributed by atoms with Crippen LogP contribution in [0.3, 0.4) is 0 Å². The molecule has 0 amide bonds. The molecule has 1 aromatic heterocycles. The molecule has 0 spiro atoms. The van der Waals surface area contributed by atoms with Crippen LogP contribution in [0.25, 0.3) is 16.8 Å². The van der Waals surface area contributed by atoms with Gasteiger partial charge < -0.3 is 9.30 Å². The van der Waals surface area contributed by atoms with Gasteiger partial charge in [0.05, 0.1) is 6.61 Å². The summed E-state index contributed by atoms with van der Waals surface area (Å²) in [5.74, 6) is -0.375. The van der Waals surface area contributed by atoms with Crippen LogP contribution < -0.4 is 0 Å². The van der Waals surface area contributed by atoms with Crippen molar-refractivity contribution in [1.29, 1.82) is 0 Å². The van der Waals surface area contributed by atoms with Crippen molar-refractivity contribution >= 4 is 29.2 Å². The predicted molar refractivity (Wildman–Crippen MR) is 102 cm³/mol. The normalized spacial score (nSPS) is 10.7. The van der Waals surface area contributed by atoms with E-state index in [0.29, 0.717) is 22.3 Å². The quantitative estimate of drug-likeness (QED) is 0.530. The van der Waals surface area contributed by atoms with Gasteiger partial charge in [-0.15, -0.1) is 0 Å². The molecule has 2 aromatic carbocycles. The molecule has 0 aliphatic rings. The Morgan fingerprint density at radius 3 is 2.44 bits per heavy atom. The lowest BCUT2D eigenvalue weighted by Gasteiger charge is -2.11. The van der Waals surface area contributed by atoms with Gasteiger partial charge in [0.15, 0.2) is 0 Å². The van der Waals surface area contributed by atoms with Crippen LogP contribution in [-0.4, -0.2) is 17.1 Å². The second kappa shape index (κ2) is 7.34. The number of hydrogen-bond acceptors (Lipinski definition) is 2. The summed E-state index contributed by atoms with van der Waals surface area (Å²) in [5, 5.41) is 1.25. The van der Waals surface area contributed by atoms with Crippen LogP contribution in [0.1, 0.15) is 23.0 Å². The first kappa shape index (κ1) is 17.6. The first-order chi connectivity index (χ1) is 12.0. The standard InChI is InChI=1S/C20H17Cl2NO2/c1-3-25-20(24)19-18(14-7-9-15(21)10-8-14)13(2)12-23(19)17-6-4-5-16(22)11-17/h4-12H,3H2,1-2H3. The third-order valence-corrected chi connectivity index (χ3v) is 4.37. The molecule has 0 aliphatic carbocycles. The van der Waals surface area contributed by atoms with Gasteiger partial charge in [0.2, 0.25) is 0 Å². The maximum atomic E-state index is 12.7. The van der Waals surface area contributed by atoms with E-state index in [9.17, 15) is 4.79 Å². The monoisotopic (exact) mass is 373 g/mol. The Labute approximate surface area is 156 Å². The number of carbonyl (C=O) groups excluding carboxylic acids is 1. The van der Waals surface area contributed by atoms with Gasteiger partial charge >= 0.3 is 5.97 Å². The summed E-state index contributed by atoms with van der Waals surface area (Å²) in [6.45, 7) is 4.06. The van der Waals surface area contributed by atoms with Crippen molar-refractivity contribution in [3.05, 3.63) is 76.0 Å². The van der Waals surface area contributed by atoms with Gasteiger partial charge in [-0.3, -0.25) is 0 Å². The van der Waals surface area contributed by atoms with Crippen LogP contribution in [0.15, 0.2) is 54.7 Å². The average molecular weight is 374 g/mol. The fourth-order valence-electron chi connectivity index (χ4n) is 2.84. The highest BCUT2D eigenvalue weighted by molar-refractivity contribution is 6.31. The van der Waals surface area contributed by atoms with E-state index < -0.39 is 0 Å². The van der Waals surface area contributed by atoms with Crippen LogP contribution in [0.5, 0.6) is 0 Å². The Hall–Kier alpha value is -2.23. The van der Waals surface area contributed by atoms with Gasteiger partial charge in [-0.05, 0) is 55.3 Å². The zero-order chi connectivity index (χ0) is 18.0. The lowest BCUT2D eigenvalue weighted by Crippen LogP contribution is -2.12. The highest BCUT2D eigenvalue weighted by atomic mass is 35.5. The highest BCUT2D eigenvalue weighted by Gasteiger charge is 2.23. The van der Waals surface area contributed by atoms with Gasteiger partial charge in [-0.1, -0.05) is 41.4 Å². The van der Waals surface area contributed by atoms with Gasteiger partial charge in [0, 0.05) is 27.5 Å². The van der Waals surface area contributed by atoms with E-state index in [2.05, 4.69) is 0 Å². The average Bonchev–Trinajstić information content (AvgIpc) is 2.93. The molecule has 1 heterocycles. The third-order valence-electron chi connectivity index (χ3n) is 3.88. The summed E-state index contributed by atoms with van der Waals surface area (Å²) in [6, 6.07) is 14.8. The lowest BCUT2D eigenvalue weighted by atomic mass is 10.0. The van der Waals surface area contributed by atoms with Crippen molar-refractivity contribution in [2.75, 3.05) is 6.61 Å². The largest absolute Gasteiger partial charge is 0.461 e. The van der Waals surface area contributed by atoms with Crippen LogP contribution in [0, 0.1) is 6.92 Å². The molecule has 0 bridgehead atoms. The molecule has 0 fully saturated rings. The van der Waals surface area contributed by atoms with Crippen molar-refractivity contribution in [2.45, 2.75) is 13.8 Å². The van der Waals surface area contributed by atoms with Crippen LogP contribution in [0.4, 0.5) is 0 Å². The van der Waals surface area contributed by atoms with Crippen molar-refractivity contribution < 1.29 is 9.53 Å². The summed E-state index contributed by atoms with van der Waals surface area (Å²) < 4.78 is 7.12. The number of aryl methyl sites for hydroxylation is 1. The zero-order valence-corrected chi connectivity index (χ0v) is 15.4. The molecular formula is C20H17Cl2NO2. The van der Waals surface area contributed by atoms with Crippen molar-refractivity contribution in [3.63, 3.8) is 0 Å². The third kappa shape index (κ3) is 3.58. The molecule has 128 valence electrons. The topological polar surface area (TPSA) is 31.2 Å². The predicted octanol–water partition coefficient (Wildman–Crippen LogP) is 5.94. The SMILES string of the molecule is CCOC(=O)c1c(-c2ccc(Cl)cc2)c(C)cn1-c1cccc(Cl)c1. The molecule has 25 heavy (non-hydrogen) atoms. The number of carbonyl (C=O) groups is 1. The fourth-order valence-corrected chi connectivity index (χ4v) is 3.15. The number of hydrogen-bond donors (Lipinski definition) is 0. The van der Waals surface area contributed by atoms with E-state index in [4.69, 9.17) is 27.9 Å². The highest BCUT2D eigenvalue weighted by Crippen LogP contribution is 2.33. The molecular weight excluding hydrogens is 357 g/mol. The number of ether oxygens (including phenoxy) is 1. The maximum Gasteiger partial charge on any atom is 0.355 e. The van der Waals surface area contributed by atoms with Gasteiger partial charge in [0.1, 0.15) is 5.69 Å². The Kier molecular flexibility index (Phi) is 5.16. The second-order valence-corrected chi connectivity index (χ2v) is 6.49. The molecule has 0 N–H and O–H groups in total. The first-order valence-corrected chi connectivity index (χ1v) is 8.67. The van der Waals surface area contributed by atoms with Gasteiger partial charge in [-0.2, -0.15) is 0 Å². The minimum Gasteiger partial charge on any atom is -0.461 e. The maximum absolute atomic E-state index is 12.7. The molecule has 0 unspecified atom stereocenters. The molecule has 3 nitrogen and oxygen atoms in total. The van der Waals surface area contributed by atoms with Crippen molar-refractivity contribution in [2.24, 2.45) is 0 Å². The van der Waals surface area contributed by atoms with Crippen molar-refractivity contribution in [3.8, 4) is 16.8 Å². The van der Waals surface area contributed by atoms with Crippen LogP contribution in [0.2, 0.25) is 10.0 Å². The molecule has 5 heteroatoms. The number of nitrogens with zero attached hydrogens (tertiary/aromatic N) is 1. The molecule has 0 atom stereocenters. The molecule has 0 radical (unpaired) electrons. The zero-order valence-electron chi connectivity index (χ0n) is 13.9. The summed E-state index contributed by atoms with van der Waals surface area (Å²) in [6.07, 6.45) is 1.92. The molecule has 3 rings (SSSR count). The fraction of sp³-hybridized carbons (Fsp3) is 0.150. The number of aromatic nitrogens is 1. The van der Waals surface area contributed by atoms with Gasteiger partial charge in [-0.25, -0.2) is 4.79 Å². The minimum absolute atomic E-state index is 0.304. The number of halogens is 2. The lowest BCUT2D eigenvalue weighted by molar-refractivity contribution is 0.0518. The van der Waals surface area contributed by atoms with E-state index in [-0.39, 0.29) is 5.97 Å². The summed E-state index contributed by atoms with van der Waals surface area (Å²) in [7, 11) is 0.